The minimum Gasteiger partial charge on any atom is -0.356 e. The number of aryl methyl sites for hydroxylation is 1. The van der Waals surface area contributed by atoms with Crippen molar-refractivity contribution in [1.82, 2.24) is 25.4 Å². The molecule has 1 aliphatic heterocycles. The smallest absolute Gasteiger partial charge is 0.191 e. The van der Waals surface area contributed by atoms with Gasteiger partial charge in [-0.25, -0.2) is 0 Å². The highest BCUT2D eigenvalue weighted by Gasteiger charge is 2.14. The van der Waals surface area contributed by atoms with Crippen LogP contribution in [0, 0.1) is 0 Å². The molecule has 0 fully saturated rings. The molecular weight excluding hydrogens is 324 g/mol. The van der Waals surface area contributed by atoms with Crippen LogP contribution in [-0.2, 0) is 19.5 Å². The first kappa shape index (κ1) is 20.7. The summed E-state index contributed by atoms with van der Waals surface area (Å²) in [5.74, 6) is 3.03. The monoisotopic (exact) mass is 362 g/mol. The number of hydrogen-bond acceptors (Lipinski definition) is 3. The minimum atomic E-state index is 0.685. The van der Waals surface area contributed by atoms with Crippen molar-refractivity contribution in [3.05, 3.63) is 11.6 Å². The fourth-order valence-corrected chi connectivity index (χ4v) is 3.53. The van der Waals surface area contributed by atoms with Crippen molar-refractivity contribution in [3.63, 3.8) is 0 Å². The van der Waals surface area contributed by atoms with E-state index in [-0.39, 0.29) is 0 Å². The van der Waals surface area contributed by atoms with Crippen LogP contribution in [0.4, 0.5) is 0 Å². The Kier molecular flexibility index (Phi) is 10.1. The Morgan fingerprint density at radius 2 is 1.73 bits per heavy atom. The van der Waals surface area contributed by atoms with Gasteiger partial charge in [0.1, 0.15) is 5.82 Å². The van der Waals surface area contributed by atoms with Gasteiger partial charge in [0.15, 0.2) is 11.8 Å². The molecule has 2 rings (SSSR count). The van der Waals surface area contributed by atoms with Crippen LogP contribution >= 0.6 is 0 Å². The van der Waals surface area contributed by atoms with Crippen molar-refractivity contribution in [1.29, 1.82) is 0 Å². The summed E-state index contributed by atoms with van der Waals surface area (Å²) in [5, 5.41) is 15.5. The minimum absolute atomic E-state index is 0.685. The van der Waals surface area contributed by atoms with Gasteiger partial charge < -0.3 is 15.2 Å². The van der Waals surface area contributed by atoms with E-state index in [4.69, 9.17) is 0 Å². The van der Waals surface area contributed by atoms with E-state index in [0.29, 0.717) is 6.54 Å². The Balaban J connectivity index is 1.59. The third-order valence-corrected chi connectivity index (χ3v) is 5.15. The van der Waals surface area contributed by atoms with Gasteiger partial charge in [0.2, 0.25) is 0 Å². The lowest BCUT2D eigenvalue weighted by Crippen LogP contribution is -2.37. The maximum atomic E-state index is 4.36. The van der Waals surface area contributed by atoms with Crippen molar-refractivity contribution in [2.75, 3.05) is 13.6 Å². The number of aliphatic imine (C=N–C) groups is 1. The van der Waals surface area contributed by atoms with Gasteiger partial charge in [-0.1, -0.05) is 58.3 Å². The van der Waals surface area contributed by atoms with E-state index in [1.165, 1.54) is 70.6 Å². The molecule has 148 valence electrons. The summed E-state index contributed by atoms with van der Waals surface area (Å²) in [6.45, 7) is 4.98. The Labute approximate surface area is 159 Å². The van der Waals surface area contributed by atoms with Crippen LogP contribution in [0.5, 0.6) is 0 Å². The van der Waals surface area contributed by atoms with Gasteiger partial charge in [-0.2, -0.15) is 0 Å². The highest BCUT2D eigenvalue weighted by atomic mass is 15.3. The average Bonchev–Trinajstić information content (AvgIpc) is 2.89. The second-order valence-electron chi connectivity index (χ2n) is 7.32. The molecule has 0 atom stereocenters. The first-order valence-corrected chi connectivity index (χ1v) is 10.7. The largest absolute Gasteiger partial charge is 0.356 e. The standard InChI is InChI=1S/C20H38N6/c1-3-4-5-6-7-8-9-12-15-22-20(21-2)23-17-19-25-24-18-14-11-10-13-16-26(18)19/h3-17H2,1-2H3,(H2,21,22,23). The van der Waals surface area contributed by atoms with Crippen molar-refractivity contribution >= 4 is 5.96 Å². The number of fused-ring (bicyclic) bond motifs is 1. The SMILES string of the molecule is CCCCCCCCCCNC(=NC)NCc1nnc2n1CCCCC2. The topological polar surface area (TPSA) is 67.1 Å². The molecular formula is C20H38N6. The Morgan fingerprint density at radius 1 is 0.962 bits per heavy atom. The lowest BCUT2D eigenvalue weighted by atomic mass is 10.1. The normalized spacial score (nSPS) is 14.8. The highest BCUT2D eigenvalue weighted by Crippen LogP contribution is 2.14. The molecule has 0 spiro atoms. The van der Waals surface area contributed by atoms with Gasteiger partial charge in [0.05, 0.1) is 6.54 Å². The fraction of sp³-hybridized carbons (Fsp3) is 0.850. The lowest BCUT2D eigenvalue weighted by molar-refractivity contribution is 0.570. The zero-order valence-electron chi connectivity index (χ0n) is 16.9. The molecule has 1 aromatic rings. The molecule has 26 heavy (non-hydrogen) atoms. The van der Waals surface area contributed by atoms with E-state index in [1.807, 2.05) is 7.05 Å². The van der Waals surface area contributed by atoms with Crippen molar-refractivity contribution < 1.29 is 0 Å². The predicted octanol–water partition coefficient (Wildman–Crippen LogP) is 3.81. The van der Waals surface area contributed by atoms with Crippen LogP contribution in [0.1, 0.15) is 89.2 Å². The van der Waals surface area contributed by atoms with E-state index >= 15 is 0 Å². The number of hydrogen-bond donors (Lipinski definition) is 2. The van der Waals surface area contributed by atoms with E-state index in [9.17, 15) is 0 Å². The van der Waals surface area contributed by atoms with E-state index in [0.717, 1.165) is 37.1 Å². The average molecular weight is 363 g/mol. The molecule has 0 unspecified atom stereocenters. The number of rotatable bonds is 11. The Hall–Kier alpha value is -1.59. The lowest BCUT2D eigenvalue weighted by Gasteiger charge is -2.12. The van der Waals surface area contributed by atoms with Gasteiger partial charge in [-0.05, 0) is 19.3 Å². The quantitative estimate of drug-likeness (QED) is 0.357. The number of nitrogens with zero attached hydrogens (tertiary/aromatic N) is 4. The summed E-state index contributed by atoms with van der Waals surface area (Å²) in [5.41, 5.74) is 0. The van der Waals surface area contributed by atoms with Crippen LogP contribution in [0.2, 0.25) is 0 Å². The third-order valence-electron chi connectivity index (χ3n) is 5.15. The number of nitrogens with one attached hydrogen (secondary N) is 2. The van der Waals surface area contributed by atoms with Gasteiger partial charge >= 0.3 is 0 Å². The second kappa shape index (κ2) is 12.7. The maximum Gasteiger partial charge on any atom is 0.191 e. The van der Waals surface area contributed by atoms with Crippen LogP contribution < -0.4 is 10.6 Å². The van der Waals surface area contributed by atoms with Gasteiger partial charge in [0.25, 0.3) is 0 Å². The molecule has 0 amide bonds. The molecule has 2 N–H and O–H groups in total. The summed E-state index contributed by atoms with van der Waals surface area (Å²) in [6, 6.07) is 0. The summed E-state index contributed by atoms with van der Waals surface area (Å²) < 4.78 is 2.28. The number of aromatic nitrogens is 3. The van der Waals surface area contributed by atoms with Crippen LogP contribution in [0.25, 0.3) is 0 Å². The molecule has 0 bridgehead atoms. The molecule has 0 saturated heterocycles. The van der Waals surface area contributed by atoms with Crippen LogP contribution in [-0.4, -0.2) is 34.3 Å². The molecule has 1 aromatic heterocycles. The Morgan fingerprint density at radius 3 is 2.50 bits per heavy atom. The molecule has 0 saturated carbocycles. The van der Waals surface area contributed by atoms with Crippen molar-refractivity contribution in [2.24, 2.45) is 4.99 Å². The number of unbranched alkanes of at least 4 members (excludes halogenated alkanes) is 7. The molecule has 2 heterocycles. The summed E-state index contributed by atoms with van der Waals surface area (Å²) in [4.78, 5) is 4.32. The highest BCUT2D eigenvalue weighted by molar-refractivity contribution is 5.79. The van der Waals surface area contributed by atoms with Crippen LogP contribution in [0.15, 0.2) is 4.99 Å². The third kappa shape index (κ3) is 7.34. The molecule has 6 nitrogen and oxygen atoms in total. The first-order valence-electron chi connectivity index (χ1n) is 10.7. The van der Waals surface area contributed by atoms with Gasteiger partial charge in [0, 0.05) is 26.6 Å². The van der Waals surface area contributed by atoms with Crippen molar-refractivity contribution in [2.45, 2.75) is 97.1 Å². The van der Waals surface area contributed by atoms with Crippen LogP contribution in [0.3, 0.4) is 0 Å². The summed E-state index contributed by atoms with van der Waals surface area (Å²) in [6.07, 6.45) is 15.5. The zero-order valence-corrected chi connectivity index (χ0v) is 16.9. The van der Waals surface area contributed by atoms with Gasteiger partial charge in [-0.3, -0.25) is 4.99 Å². The molecule has 1 aliphatic rings. The maximum absolute atomic E-state index is 4.36. The second-order valence-corrected chi connectivity index (χ2v) is 7.32. The Bertz CT molecular complexity index is 522. The molecule has 0 radical (unpaired) electrons. The first-order chi connectivity index (χ1) is 12.8. The number of guanidine groups is 1. The van der Waals surface area contributed by atoms with Crippen molar-refractivity contribution in [3.8, 4) is 0 Å². The van der Waals surface area contributed by atoms with E-state index in [2.05, 4.69) is 37.3 Å². The van der Waals surface area contributed by atoms with E-state index in [1.54, 1.807) is 0 Å². The van der Waals surface area contributed by atoms with E-state index < -0.39 is 0 Å². The molecule has 0 aliphatic carbocycles. The van der Waals surface area contributed by atoms with Gasteiger partial charge in [-0.15, -0.1) is 10.2 Å². The zero-order chi connectivity index (χ0) is 18.5. The molecule has 6 heteroatoms. The predicted molar refractivity (Wildman–Crippen MR) is 108 cm³/mol. The molecule has 0 aromatic carbocycles. The summed E-state index contributed by atoms with van der Waals surface area (Å²) in [7, 11) is 1.83. The fourth-order valence-electron chi connectivity index (χ4n) is 3.53. The summed E-state index contributed by atoms with van der Waals surface area (Å²) >= 11 is 0.